The summed E-state index contributed by atoms with van der Waals surface area (Å²) in [6.07, 6.45) is 6.64. The molecule has 0 radical (unpaired) electrons. The molecule has 17 heavy (non-hydrogen) atoms. The lowest BCUT2D eigenvalue weighted by Crippen LogP contribution is -2.50. The smallest absolute Gasteiger partial charge is 0.0695 e. The van der Waals surface area contributed by atoms with Gasteiger partial charge in [0.05, 0.1) is 12.7 Å². The molecule has 0 aromatic heterocycles. The second-order valence-corrected chi connectivity index (χ2v) is 5.43. The predicted octanol–water partition coefficient (Wildman–Crippen LogP) is 0.336. The van der Waals surface area contributed by atoms with Crippen molar-refractivity contribution < 1.29 is 10.2 Å². The highest BCUT2D eigenvalue weighted by Crippen LogP contribution is 2.24. The van der Waals surface area contributed by atoms with E-state index in [1.807, 2.05) is 0 Å². The molecule has 1 heterocycles. The quantitative estimate of drug-likeness (QED) is 0.650. The molecule has 1 aliphatic carbocycles. The Morgan fingerprint density at radius 1 is 1.12 bits per heavy atom. The largest absolute Gasteiger partial charge is 0.395 e. The number of aliphatic hydroxyl groups is 2. The number of hydrogen-bond donors (Lipinski definition) is 3. The van der Waals surface area contributed by atoms with Crippen molar-refractivity contribution in [2.75, 3.05) is 26.2 Å². The maximum absolute atomic E-state index is 10.1. The zero-order valence-corrected chi connectivity index (χ0v) is 10.6. The molecular weight excluding hydrogens is 216 g/mol. The van der Waals surface area contributed by atoms with Gasteiger partial charge in [-0.05, 0) is 32.2 Å². The van der Waals surface area contributed by atoms with Crippen LogP contribution < -0.4 is 5.32 Å². The Morgan fingerprint density at radius 2 is 1.94 bits per heavy atom. The second kappa shape index (κ2) is 6.69. The number of aliphatic hydroxyl groups excluding tert-OH is 2. The minimum atomic E-state index is -0.197. The van der Waals surface area contributed by atoms with Crippen LogP contribution in [-0.2, 0) is 0 Å². The third-order valence-corrected chi connectivity index (χ3v) is 4.17. The Morgan fingerprint density at radius 3 is 2.59 bits per heavy atom. The molecule has 4 nitrogen and oxygen atoms in total. The molecular formula is C13H26N2O2. The van der Waals surface area contributed by atoms with Crippen LogP contribution in [-0.4, -0.2) is 59.5 Å². The highest BCUT2D eigenvalue weighted by atomic mass is 16.3. The van der Waals surface area contributed by atoms with Crippen molar-refractivity contribution in [3.63, 3.8) is 0 Å². The summed E-state index contributed by atoms with van der Waals surface area (Å²) < 4.78 is 0. The second-order valence-electron chi connectivity index (χ2n) is 5.43. The van der Waals surface area contributed by atoms with E-state index in [4.69, 9.17) is 0 Å². The fourth-order valence-corrected chi connectivity index (χ4v) is 3.23. The highest BCUT2D eigenvalue weighted by molar-refractivity contribution is 4.87. The molecule has 1 aliphatic heterocycles. The van der Waals surface area contributed by atoms with Gasteiger partial charge in [0.1, 0.15) is 0 Å². The van der Waals surface area contributed by atoms with E-state index in [1.54, 1.807) is 0 Å². The van der Waals surface area contributed by atoms with Crippen LogP contribution in [0.15, 0.2) is 0 Å². The van der Waals surface area contributed by atoms with Crippen molar-refractivity contribution in [3.05, 3.63) is 0 Å². The third kappa shape index (κ3) is 3.65. The van der Waals surface area contributed by atoms with E-state index in [0.29, 0.717) is 12.6 Å². The van der Waals surface area contributed by atoms with Crippen LogP contribution >= 0.6 is 0 Å². The van der Waals surface area contributed by atoms with Gasteiger partial charge in [0.2, 0.25) is 0 Å². The summed E-state index contributed by atoms with van der Waals surface area (Å²) in [5, 5.41) is 22.8. The molecule has 1 saturated heterocycles. The van der Waals surface area contributed by atoms with E-state index in [-0.39, 0.29) is 18.8 Å². The summed E-state index contributed by atoms with van der Waals surface area (Å²) in [5.74, 6) is 0. The van der Waals surface area contributed by atoms with E-state index in [2.05, 4.69) is 10.2 Å². The van der Waals surface area contributed by atoms with Crippen molar-refractivity contribution in [2.24, 2.45) is 0 Å². The van der Waals surface area contributed by atoms with Gasteiger partial charge in [0.25, 0.3) is 0 Å². The van der Waals surface area contributed by atoms with Crippen LogP contribution in [0.3, 0.4) is 0 Å². The van der Waals surface area contributed by atoms with Gasteiger partial charge in [0.15, 0.2) is 0 Å². The monoisotopic (exact) mass is 242 g/mol. The molecule has 0 bridgehead atoms. The lowest BCUT2D eigenvalue weighted by atomic mass is 9.91. The van der Waals surface area contributed by atoms with Gasteiger partial charge >= 0.3 is 0 Å². The standard InChI is InChI=1S/C13H26N2O2/c16-9-8-15(10-11-4-3-7-14-11)12-5-1-2-6-13(12)17/h11-14,16-17H,1-10H2. The average molecular weight is 242 g/mol. The van der Waals surface area contributed by atoms with Crippen LogP contribution in [0.5, 0.6) is 0 Å². The molecule has 2 aliphatic rings. The molecule has 3 unspecified atom stereocenters. The van der Waals surface area contributed by atoms with Crippen LogP contribution in [0.1, 0.15) is 38.5 Å². The fourth-order valence-electron chi connectivity index (χ4n) is 3.23. The Bertz CT molecular complexity index is 219. The van der Waals surface area contributed by atoms with E-state index in [9.17, 15) is 10.2 Å². The summed E-state index contributed by atoms with van der Waals surface area (Å²) in [7, 11) is 0. The highest BCUT2D eigenvalue weighted by Gasteiger charge is 2.30. The lowest BCUT2D eigenvalue weighted by Gasteiger charge is -2.38. The van der Waals surface area contributed by atoms with Crippen molar-refractivity contribution in [2.45, 2.75) is 56.7 Å². The summed E-state index contributed by atoms with van der Waals surface area (Å²) in [6, 6.07) is 0.814. The number of nitrogens with zero attached hydrogens (tertiary/aromatic N) is 1. The Balaban J connectivity index is 1.89. The van der Waals surface area contributed by atoms with Crippen molar-refractivity contribution >= 4 is 0 Å². The maximum Gasteiger partial charge on any atom is 0.0695 e. The zero-order valence-electron chi connectivity index (χ0n) is 10.6. The predicted molar refractivity (Wildman–Crippen MR) is 67.9 cm³/mol. The summed E-state index contributed by atoms with van der Waals surface area (Å²) in [6.45, 7) is 2.98. The molecule has 1 saturated carbocycles. The Hall–Kier alpha value is -0.160. The van der Waals surface area contributed by atoms with E-state index in [0.717, 1.165) is 32.4 Å². The van der Waals surface area contributed by atoms with Crippen molar-refractivity contribution in [3.8, 4) is 0 Å². The normalized spacial score (nSPS) is 34.4. The lowest BCUT2D eigenvalue weighted by molar-refractivity contribution is 0.00928. The summed E-state index contributed by atoms with van der Waals surface area (Å²) in [5.41, 5.74) is 0. The molecule has 0 spiro atoms. The van der Waals surface area contributed by atoms with Gasteiger partial charge in [-0.1, -0.05) is 12.8 Å². The van der Waals surface area contributed by atoms with E-state index in [1.165, 1.54) is 19.3 Å². The summed E-state index contributed by atoms with van der Waals surface area (Å²) in [4.78, 5) is 2.30. The SMILES string of the molecule is OCCN(CC1CCCN1)C1CCCCC1O. The first-order valence-electron chi connectivity index (χ1n) is 7.07. The molecule has 0 aromatic rings. The topological polar surface area (TPSA) is 55.7 Å². The van der Waals surface area contributed by atoms with Gasteiger partial charge < -0.3 is 15.5 Å². The van der Waals surface area contributed by atoms with E-state index >= 15 is 0 Å². The molecule has 0 aromatic carbocycles. The van der Waals surface area contributed by atoms with Crippen LogP contribution in [0.25, 0.3) is 0 Å². The van der Waals surface area contributed by atoms with Gasteiger partial charge in [0, 0.05) is 25.2 Å². The van der Waals surface area contributed by atoms with Gasteiger partial charge in [-0.15, -0.1) is 0 Å². The first kappa shape index (κ1) is 13.3. The van der Waals surface area contributed by atoms with Gasteiger partial charge in [-0.2, -0.15) is 0 Å². The molecule has 100 valence electrons. The van der Waals surface area contributed by atoms with Crippen LogP contribution in [0.2, 0.25) is 0 Å². The number of rotatable bonds is 5. The maximum atomic E-state index is 10.1. The van der Waals surface area contributed by atoms with Crippen molar-refractivity contribution in [1.82, 2.24) is 10.2 Å². The van der Waals surface area contributed by atoms with Crippen molar-refractivity contribution in [1.29, 1.82) is 0 Å². The Kier molecular flexibility index (Phi) is 5.22. The zero-order chi connectivity index (χ0) is 12.1. The average Bonchev–Trinajstić information content (AvgIpc) is 2.82. The van der Waals surface area contributed by atoms with E-state index < -0.39 is 0 Å². The van der Waals surface area contributed by atoms with Crippen LogP contribution in [0, 0.1) is 0 Å². The minimum absolute atomic E-state index is 0.190. The fraction of sp³-hybridized carbons (Fsp3) is 1.00. The number of nitrogens with one attached hydrogen (secondary N) is 1. The molecule has 2 fully saturated rings. The third-order valence-electron chi connectivity index (χ3n) is 4.17. The minimum Gasteiger partial charge on any atom is -0.395 e. The molecule has 3 N–H and O–H groups in total. The Labute approximate surface area is 104 Å². The summed E-state index contributed by atoms with van der Waals surface area (Å²) >= 11 is 0. The number of hydrogen-bond acceptors (Lipinski definition) is 4. The molecule has 4 heteroatoms. The molecule has 2 rings (SSSR count). The molecule has 0 amide bonds. The van der Waals surface area contributed by atoms with Crippen LogP contribution in [0.4, 0.5) is 0 Å². The van der Waals surface area contributed by atoms with Gasteiger partial charge in [-0.3, -0.25) is 4.90 Å². The van der Waals surface area contributed by atoms with Gasteiger partial charge in [-0.25, -0.2) is 0 Å². The molecule has 3 atom stereocenters. The first-order valence-corrected chi connectivity index (χ1v) is 7.07. The first-order chi connectivity index (χ1) is 8.31.